The topological polar surface area (TPSA) is 94.4 Å². The summed E-state index contributed by atoms with van der Waals surface area (Å²) in [5.74, 6) is 0.150. The number of fused-ring (bicyclic) bond motifs is 3. The molecule has 2 aromatic rings. The highest BCUT2D eigenvalue weighted by atomic mass is 16.5. The number of carbonyl (C=O) groups is 2. The number of carboxylic acids is 1. The summed E-state index contributed by atoms with van der Waals surface area (Å²) in [6, 6.07) is 10.8. The number of benzene rings is 2. The van der Waals surface area contributed by atoms with Crippen LogP contribution in [-0.2, 0) is 9.53 Å². The molecule has 1 fully saturated rings. The van der Waals surface area contributed by atoms with Crippen LogP contribution < -0.4 is 9.47 Å². The minimum Gasteiger partial charge on any atom is -0.493 e. The van der Waals surface area contributed by atoms with Crippen molar-refractivity contribution in [3.05, 3.63) is 58.7 Å². The van der Waals surface area contributed by atoms with Crippen molar-refractivity contribution in [2.75, 3.05) is 13.7 Å². The van der Waals surface area contributed by atoms with Gasteiger partial charge in [0.15, 0.2) is 11.5 Å². The molecule has 7 nitrogen and oxygen atoms in total. The summed E-state index contributed by atoms with van der Waals surface area (Å²) in [7, 11) is 1.60. The van der Waals surface area contributed by atoms with E-state index in [2.05, 4.69) is 0 Å². The lowest BCUT2D eigenvalue weighted by Gasteiger charge is -2.38. The maximum Gasteiger partial charge on any atom is 0.335 e. The summed E-state index contributed by atoms with van der Waals surface area (Å²) in [6.07, 6.45) is 2.13. The van der Waals surface area contributed by atoms with E-state index in [0.717, 1.165) is 35.2 Å². The molecule has 0 spiro atoms. The van der Waals surface area contributed by atoms with E-state index in [-0.39, 0.29) is 29.6 Å². The molecule has 1 N–H and O–H groups in total. The highest BCUT2D eigenvalue weighted by Crippen LogP contribution is 2.45. The fourth-order valence-corrected chi connectivity index (χ4v) is 4.70. The van der Waals surface area contributed by atoms with Crippen LogP contribution in [0.1, 0.15) is 66.1 Å². The van der Waals surface area contributed by atoms with Crippen LogP contribution >= 0.6 is 0 Å². The first-order valence-electron chi connectivity index (χ1n) is 10.8. The van der Waals surface area contributed by atoms with E-state index in [4.69, 9.17) is 19.2 Å². The second-order valence-electron chi connectivity index (χ2n) is 8.10. The first-order valence-corrected chi connectivity index (χ1v) is 10.8. The van der Waals surface area contributed by atoms with Gasteiger partial charge >= 0.3 is 11.9 Å². The second-order valence-corrected chi connectivity index (χ2v) is 8.10. The van der Waals surface area contributed by atoms with Gasteiger partial charge in [0.25, 0.3) is 0 Å². The van der Waals surface area contributed by atoms with Crippen molar-refractivity contribution in [1.29, 1.82) is 0 Å². The molecule has 0 radical (unpaired) electrons. The van der Waals surface area contributed by atoms with Crippen molar-refractivity contribution >= 4 is 17.7 Å². The van der Waals surface area contributed by atoms with Gasteiger partial charge in [0.1, 0.15) is 6.10 Å². The molecule has 1 saturated carbocycles. The van der Waals surface area contributed by atoms with Gasteiger partial charge in [-0.1, -0.05) is 12.1 Å². The fourth-order valence-electron chi connectivity index (χ4n) is 4.70. The van der Waals surface area contributed by atoms with Crippen LogP contribution in [0, 0.1) is 0 Å². The van der Waals surface area contributed by atoms with Crippen LogP contribution in [0.25, 0.3) is 0 Å². The average molecular weight is 437 g/mol. The molecule has 168 valence electrons. The monoisotopic (exact) mass is 437 g/mol. The predicted octanol–water partition coefficient (Wildman–Crippen LogP) is 4.21. The standard InChI is InChI=1S/C25H27NO6/c1-4-31-23-12-18-19-11-17(32-14(2)27)9-10-21(19)26-24(20(18)13-22(23)30-3)15-5-7-16(8-6-15)25(28)29/h5-8,12-13,17,19,21H,4,9-11H2,1-3H3,(H,28,29). The molecule has 0 aromatic heterocycles. The van der Waals surface area contributed by atoms with E-state index in [9.17, 15) is 14.7 Å². The first-order chi connectivity index (χ1) is 15.4. The highest BCUT2D eigenvalue weighted by molar-refractivity contribution is 6.15. The number of ether oxygens (including phenoxy) is 3. The molecule has 7 heteroatoms. The third-order valence-corrected chi connectivity index (χ3v) is 6.09. The Labute approximate surface area is 187 Å². The van der Waals surface area contributed by atoms with Crippen molar-refractivity contribution in [1.82, 2.24) is 0 Å². The quantitative estimate of drug-likeness (QED) is 0.681. The van der Waals surface area contributed by atoms with Gasteiger partial charge in [-0.2, -0.15) is 0 Å². The number of nitrogens with zero attached hydrogens (tertiary/aromatic N) is 1. The number of aliphatic imine (C=N–C) groups is 1. The van der Waals surface area contributed by atoms with Crippen LogP contribution in [0.5, 0.6) is 11.5 Å². The normalized spacial score (nSPS) is 21.6. The Balaban J connectivity index is 1.81. The number of aromatic carboxylic acids is 1. The summed E-state index contributed by atoms with van der Waals surface area (Å²) in [4.78, 5) is 27.9. The van der Waals surface area contributed by atoms with Crippen LogP contribution in [0.15, 0.2) is 41.4 Å². The molecule has 0 bridgehead atoms. The Morgan fingerprint density at radius 2 is 1.88 bits per heavy atom. The Hall–Kier alpha value is -3.35. The Morgan fingerprint density at radius 1 is 1.12 bits per heavy atom. The molecule has 0 saturated heterocycles. The Morgan fingerprint density at radius 3 is 2.50 bits per heavy atom. The molecule has 32 heavy (non-hydrogen) atoms. The van der Waals surface area contributed by atoms with Crippen molar-refractivity contribution in [2.24, 2.45) is 4.99 Å². The number of esters is 1. The Kier molecular flexibility index (Phi) is 6.17. The lowest BCUT2D eigenvalue weighted by molar-refractivity contribution is -0.148. The smallest absolute Gasteiger partial charge is 0.335 e. The van der Waals surface area contributed by atoms with E-state index in [1.165, 1.54) is 6.92 Å². The van der Waals surface area contributed by atoms with Crippen molar-refractivity contribution in [2.45, 2.75) is 51.2 Å². The van der Waals surface area contributed by atoms with E-state index < -0.39 is 5.97 Å². The predicted molar refractivity (Wildman–Crippen MR) is 119 cm³/mol. The van der Waals surface area contributed by atoms with Crippen LogP contribution in [0.3, 0.4) is 0 Å². The zero-order valence-electron chi connectivity index (χ0n) is 18.5. The molecule has 1 aliphatic heterocycles. The number of carboxylic acid groups (broad SMARTS) is 1. The highest BCUT2D eigenvalue weighted by Gasteiger charge is 2.38. The van der Waals surface area contributed by atoms with Crippen molar-refractivity contribution in [3.8, 4) is 11.5 Å². The summed E-state index contributed by atoms with van der Waals surface area (Å²) < 4.78 is 16.9. The van der Waals surface area contributed by atoms with Gasteiger partial charge in [-0.3, -0.25) is 9.79 Å². The molecule has 1 heterocycles. The van der Waals surface area contributed by atoms with E-state index in [1.807, 2.05) is 19.1 Å². The minimum absolute atomic E-state index is 0.0475. The van der Waals surface area contributed by atoms with Crippen molar-refractivity contribution < 1.29 is 28.9 Å². The summed E-state index contributed by atoms with van der Waals surface area (Å²) in [5.41, 5.74) is 3.91. The molecule has 3 unspecified atom stereocenters. The molecule has 2 aliphatic rings. The van der Waals surface area contributed by atoms with Crippen LogP contribution in [-0.4, -0.2) is 48.6 Å². The third kappa shape index (κ3) is 4.20. The summed E-state index contributed by atoms with van der Waals surface area (Å²) in [5, 5.41) is 9.24. The van der Waals surface area contributed by atoms with Gasteiger partial charge in [-0.25, -0.2) is 4.79 Å². The molecular weight excluding hydrogens is 410 g/mol. The molecular formula is C25H27NO6. The van der Waals surface area contributed by atoms with Crippen LogP contribution in [0.2, 0.25) is 0 Å². The van der Waals surface area contributed by atoms with Gasteiger partial charge in [0.2, 0.25) is 0 Å². The number of rotatable bonds is 6. The second kappa shape index (κ2) is 9.02. The molecule has 2 aromatic carbocycles. The number of hydrogen-bond donors (Lipinski definition) is 1. The zero-order chi connectivity index (χ0) is 22.8. The van der Waals surface area contributed by atoms with Gasteiger partial charge in [0.05, 0.1) is 31.0 Å². The molecule has 0 amide bonds. The maximum absolute atomic E-state index is 11.5. The number of hydrogen-bond acceptors (Lipinski definition) is 6. The van der Waals surface area contributed by atoms with Crippen LogP contribution in [0.4, 0.5) is 0 Å². The van der Waals surface area contributed by atoms with Crippen molar-refractivity contribution in [3.63, 3.8) is 0 Å². The summed E-state index contributed by atoms with van der Waals surface area (Å²) in [6.45, 7) is 3.88. The lowest BCUT2D eigenvalue weighted by atomic mass is 9.74. The van der Waals surface area contributed by atoms with Gasteiger partial charge in [0, 0.05) is 24.0 Å². The van der Waals surface area contributed by atoms with E-state index in [0.29, 0.717) is 24.5 Å². The lowest BCUT2D eigenvalue weighted by Crippen LogP contribution is -2.36. The number of methoxy groups -OCH3 is 1. The molecule has 1 aliphatic carbocycles. The Bertz CT molecular complexity index is 1060. The molecule has 4 rings (SSSR count). The van der Waals surface area contributed by atoms with Gasteiger partial charge < -0.3 is 19.3 Å². The maximum atomic E-state index is 11.5. The van der Waals surface area contributed by atoms with E-state index >= 15 is 0 Å². The fraction of sp³-hybridized carbons (Fsp3) is 0.400. The molecule has 3 atom stereocenters. The zero-order valence-corrected chi connectivity index (χ0v) is 18.5. The SMILES string of the molecule is CCOc1cc2c(cc1OC)C(c1ccc(C(=O)O)cc1)=NC1CCC(OC(C)=O)CC21. The summed E-state index contributed by atoms with van der Waals surface area (Å²) >= 11 is 0. The average Bonchev–Trinajstić information content (AvgIpc) is 2.78. The third-order valence-electron chi connectivity index (χ3n) is 6.09. The minimum atomic E-state index is -0.964. The van der Waals surface area contributed by atoms with Gasteiger partial charge in [-0.15, -0.1) is 0 Å². The van der Waals surface area contributed by atoms with Gasteiger partial charge in [-0.05, 0) is 56.0 Å². The first kappa shape index (κ1) is 21.9. The van der Waals surface area contributed by atoms with E-state index in [1.54, 1.807) is 31.4 Å². The number of carbonyl (C=O) groups excluding carboxylic acids is 1. The largest absolute Gasteiger partial charge is 0.493 e.